The third-order valence-electron chi connectivity index (χ3n) is 3.45. The van der Waals surface area contributed by atoms with Gasteiger partial charge in [0.1, 0.15) is 17.2 Å². The molecule has 1 aliphatic rings. The Kier molecular flexibility index (Phi) is 2.09. The number of pyridine rings is 2. The lowest BCUT2D eigenvalue weighted by Crippen LogP contribution is -1.98. The Bertz CT molecular complexity index is 740. The Balaban J connectivity index is 1.98. The van der Waals surface area contributed by atoms with E-state index in [0.717, 1.165) is 22.4 Å². The maximum atomic E-state index is 5.64. The molecule has 0 amide bonds. The molecule has 3 heterocycles. The Morgan fingerprint density at radius 2 is 2.05 bits per heavy atom. The summed E-state index contributed by atoms with van der Waals surface area (Å²) >= 11 is 0. The van der Waals surface area contributed by atoms with Crippen molar-refractivity contribution in [3.8, 4) is 11.4 Å². The number of rotatable bonds is 2. The highest BCUT2D eigenvalue weighted by Gasteiger charge is 2.28. The molecule has 4 rings (SSSR count). The van der Waals surface area contributed by atoms with Crippen LogP contribution in [0.15, 0.2) is 36.8 Å². The van der Waals surface area contributed by atoms with Crippen molar-refractivity contribution in [2.45, 2.75) is 18.9 Å². The van der Waals surface area contributed by atoms with Crippen LogP contribution >= 0.6 is 0 Å². The van der Waals surface area contributed by atoms with Crippen molar-refractivity contribution in [3.05, 3.63) is 36.8 Å². The van der Waals surface area contributed by atoms with Gasteiger partial charge in [-0.05, 0) is 31.0 Å². The lowest BCUT2D eigenvalue weighted by molar-refractivity contribution is 0.774. The zero-order chi connectivity index (χ0) is 12.8. The predicted molar refractivity (Wildman–Crippen MR) is 73.4 cm³/mol. The summed E-state index contributed by atoms with van der Waals surface area (Å²) in [6.45, 7) is 0. The van der Waals surface area contributed by atoms with E-state index < -0.39 is 0 Å². The highest BCUT2D eigenvalue weighted by molar-refractivity contribution is 5.80. The maximum Gasteiger partial charge on any atom is 0.143 e. The SMILES string of the molecule is Nc1ccc(-c2nc3cnccc3n2C2CC2)cn1. The van der Waals surface area contributed by atoms with E-state index in [1.54, 1.807) is 6.20 Å². The highest BCUT2D eigenvalue weighted by Crippen LogP contribution is 2.40. The third-order valence-corrected chi connectivity index (χ3v) is 3.45. The molecule has 0 bridgehead atoms. The second-order valence-electron chi connectivity index (χ2n) is 4.87. The molecule has 0 unspecified atom stereocenters. The zero-order valence-electron chi connectivity index (χ0n) is 10.3. The van der Waals surface area contributed by atoms with Crippen LogP contribution in [0.5, 0.6) is 0 Å². The molecular weight excluding hydrogens is 238 g/mol. The van der Waals surface area contributed by atoms with E-state index in [0.29, 0.717) is 11.9 Å². The fourth-order valence-electron chi connectivity index (χ4n) is 2.39. The van der Waals surface area contributed by atoms with Crippen LogP contribution in [0, 0.1) is 0 Å². The van der Waals surface area contributed by atoms with Crippen LogP contribution < -0.4 is 5.73 Å². The second-order valence-corrected chi connectivity index (χ2v) is 4.87. The molecule has 0 saturated heterocycles. The van der Waals surface area contributed by atoms with Crippen LogP contribution in [0.3, 0.4) is 0 Å². The van der Waals surface area contributed by atoms with E-state index >= 15 is 0 Å². The minimum Gasteiger partial charge on any atom is -0.384 e. The van der Waals surface area contributed by atoms with E-state index in [1.807, 2.05) is 30.6 Å². The number of nitrogen functional groups attached to an aromatic ring is 1. The number of hydrogen-bond acceptors (Lipinski definition) is 4. The second kappa shape index (κ2) is 3.78. The van der Waals surface area contributed by atoms with Gasteiger partial charge in [0, 0.05) is 24.0 Å². The lowest BCUT2D eigenvalue weighted by atomic mass is 10.2. The molecule has 0 aromatic carbocycles. The molecule has 1 fully saturated rings. The topological polar surface area (TPSA) is 69.6 Å². The van der Waals surface area contributed by atoms with Crippen LogP contribution in [0.25, 0.3) is 22.4 Å². The minimum atomic E-state index is 0.527. The average molecular weight is 251 g/mol. The quantitative estimate of drug-likeness (QED) is 0.759. The van der Waals surface area contributed by atoms with Gasteiger partial charge in [-0.25, -0.2) is 9.97 Å². The molecule has 0 spiro atoms. The molecular formula is C14H13N5. The zero-order valence-corrected chi connectivity index (χ0v) is 10.3. The van der Waals surface area contributed by atoms with Gasteiger partial charge < -0.3 is 10.3 Å². The van der Waals surface area contributed by atoms with Crippen molar-refractivity contribution < 1.29 is 0 Å². The Morgan fingerprint density at radius 3 is 2.79 bits per heavy atom. The molecule has 94 valence electrons. The molecule has 0 radical (unpaired) electrons. The van der Waals surface area contributed by atoms with E-state index in [4.69, 9.17) is 10.7 Å². The summed E-state index contributed by atoms with van der Waals surface area (Å²) in [5.74, 6) is 1.48. The summed E-state index contributed by atoms with van der Waals surface area (Å²) in [5, 5.41) is 0. The van der Waals surface area contributed by atoms with E-state index in [9.17, 15) is 0 Å². The van der Waals surface area contributed by atoms with Gasteiger partial charge in [0.05, 0.1) is 11.7 Å². The molecule has 0 aliphatic heterocycles. The van der Waals surface area contributed by atoms with Crippen LogP contribution in [-0.2, 0) is 0 Å². The standard InChI is InChI=1S/C14H13N5/c15-13-4-1-9(7-17-13)14-18-11-8-16-6-5-12(11)19(14)10-2-3-10/h1,4-8,10H,2-3H2,(H2,15,17). The summed E-state index contributed by atoms with van der Waals surface area (Å²) in [6, 6.07) is 6.36. The van der Waals surface area contributed by atoms with Crippen molar-refractivity contribution in [2.75, 3.05) is 5.73 Å². The molecule has 2 N–H and O–H groups in total. The smallest absolute Gasteiger partial charge is 0.143 e. The molecule has 19 heavy (non-hydrogen) atoms. The number of nitrogens with zero attached hydrogens (tertiary/aromatic N) is 4. The van der Waals surface area contributed by atoms with Gasteiger partial charge in [0.2, 0.25) is 0 Å². The van der Waals surface area contributed by atoms with Gasteiger partial charge in [-0.15, -0.1) is 0 Å². The van der Waals surface area contributed by atoms with Crippen LogP contribution in [-0.4, -0.2) is 19.5 Å². The first-order valence-corrected chi connectivity index (χ1v) is 6.37. The molecule has 3 aromatic heterocycles. The van der Waals surface area contributed by atoms with Crippen LogP contribution in [0.2, 0.25) is 0 Å². The summed E-state index contributed by atoms with van der Waals surface area (Å²) in [4.78, 5) is 13.0. The summed E-state index contributed by atoms with van der Waals surface area (Å²) < 4.78 is 2.30. The Hall–Kier alpha value is -2.43. The van der Waals surface area contributed by atoms with E-state index in [1.165, 1.54) is 12.8 Å². The largest absolute Gasteiger partial charge is 0.384 e. The molecule has 5 heteroatoms. The lowest BCUT2D eigenvalue weighted by Gasteiger charge is -2.07. The van der Waals surface area contributed by atoms with Gasteiger partial charge >= 0.3 is 0 Å². The number of imidazole rings is 1. The molecule has 5 nitrogen and oxygen atoms in total. The minimum absolute atomic E-state index is 0.527. The van der Waals surface area contributed by atoms with Crippen molar-refractivity contribution in [2.24, 2.45) is 0 Å². The number of aromatic nitrogens is 4. The molecule has 1 saturated carbocycles. The maximum absolute atomic E-state index is 5.64. The van der Waals surface area contributed by atoms with Gasteiger partial charge in [-0.3, -0.25) is 4.98 Å². The van der Waals surface area contributed by atoms with E-state index in [2.05, 4.69) is 14.5 Å². The van der Waals surface area contributed by atoms with Crippen molar-refractivity contribution in [3.63, 3.8) is 0 Å². The fourth-order valence-corrected chi connectivity index (χ4v) is 2.39. The van der Waals surface area contributed by atoms with Crippen LogP contribution in [0.1, 0.15) is 18.9 Å². The monoisotopic (exact) mass is 251 g/mol. The number of hydrogen-bond donors (Lipinski definition) is 1. The first-order valence-electron chi connectivity index (χ1n) is 6.37. The number of nitrogens with two attached hydrogens (primary N) is 1. The summed E-state index contributed by atoms with van der Waals surface area (Å²) in [5.41, 5.74) is 8.71. The number of fused-ring (bicyclic) bond motifs is 1. The van der Waals surface area contributed by atoms with Gasteiger partial charge in [-0.2, -0.15) is 0 Å². The Morgan fingerprint density at radius 1 is 1.16 bits per heavy atom. The van der Waals surface area contributed by atoms with Crippen molar-refractivity contribution in [1.82, 2.24) is 19.5 Å². The average Bonchev–Trinajstić information content (AvgIpc) is 3.20. The van der Waals surface area contributed by atoms with Crippen molar-refractivity contribution >= 4 is 16.9 Å². The Labute approximate surface area is 110 Å². The van der Waals surface area contributed by atoms with Gasteiger partial charge in [-0.1, -0.05) is 0 Å². The summed E-state index contributed by atoms with van der Waals surface area (Å²) in [7, 11) is 0. The molecule has 3 aromatic rings. The van der Waals surface area contributed by atoms with Crippen LogP contribution in [0.4, 0.5) is 5.82 Å². The molecule has 1 aliphatic carbocycles. The fraction of sp³-hybridized carbons (Fsp3) is 0.214. The van der Waals surface area contributed by atoms with Gasteiger partial charge in [0.15, 0.2) is 0 Å². The number of anilines is 1. The third kappa shape index (κ3) is 1.66. The normalized spacial score (nSPS) is 14.9. The predicted octanol–water partition coefficient (Wildman–Crippen LogP) is 2.41. The van der Waals surface area contributed by atoms with E-state index in [-0.39, 0.29) is 0 Å². The highest BCUT2D eigenvalue weighted by atomic mass is 15.1. The summed E-state index contributed by atoms with van der Waals surface area (Å²) in [6.07, 6.45) is 7.82. The van der Waals surface area contributed by atoms with Gasteiger partial charge in [0.25, 0.3) is 0 Å². The molecule has 0 atom stereocenters. The first kappa shape index (κ1) is 10.5. The van der Waals surface area contributed by atoms with Crippen molar-refractivity contribution in [1.29, 1.82) is 0 Å². The first-order chi connectivity index (χ1) is 9.33.